The van der Waals surface area contributed by atoms with Crippen LogP contribution in [0, 0.1) is 12.3 Å². The SMILES string of the molecule is Cc1ccccc1CNC(=O)NC(C)(C)C(C)(C)C(=O)O. The molecular weight excluding hydrogens is 268 g/mol. The van der Waals surface area contributed by atoms with E-state index in [0.29, 0.717) is 6.54 Å². The second-order valence-electron chi connectivity index (χ2n) is 6.29. The minimum Gasteiger partial charge on any atom is -0.481 e. The predicted octanol–water partition coefficient (Wildman–Crippen LogP) is 2.68. The number of carboxylic acid groups (broad SMARTS) is 1. The third-order valence-corrected chi connectivity index (χ3v) is 4.22. The Hall–Kier alpha value is -2.04. The molecule has 116 valence electrons. The summed E-state index contributed by atoms with van der Waals surface area (Å²) in [5.74, 6) is -0.952. The van der Waals surface area contributed by atoms with Crippen LogP contribution >= 0.6 is 0 Å². The van der Waals surface area contributed by atoms with Crippen LogP contribution in [0.25, 0.3) is 0 Å². The highest BCUT2D eigenvalue weighted by Crippen LogP contribution is 2.30. The molecule has 0 unspecified atom stereocenters. The maximum absolute atomic E-state index is 12.0. The lowest BCUT2D eigenvalue weighted by Gasteiger charge is -2.38. The summed E-state index contributed by atoms with van der Waals surface area (Å²) in [6, 6.07) is 7.41. The second kappa shape index (κ2) is 6.16. The van der Waals surface area contributed by atoms with Crippen molar-refractivity contribution < 1.29 is 14.7 Å². The van der Waals surface area contributed by atoms with Gasteiger partial charge in [-0.15, -0.1) is 0 Å². The average molecular weight is 292 g/mol. The fraction of sp³-hybridized carbons (Fsp3) is 0.500. The molecule has 0 fully saturated rings. The summed E-state index contributed by atoms with van der Waals surface area (Å²) in [5, 5.41) is 14.8. The van der Waals surface area contributed by atoms with Crippen LogP contribution in [-0.2, 0) is 11.3 Å². The fourth-order valence-corrected chi connectivity index (χ4v) is 1.74. The Morgan fingerprint density at radius 2 is 1.71 bits per heavy atom. The van der Waals surface area contributed by atoms with Gasteiger partial charge in [0.05, 0.1) is 11.0 Å². The number of amides is 2. The lowest BCUT2D eigenvalue weighted by molar-refractivity contribution is -0.150. The lowest BCUT2D eigenvalue weighted by atomic mass is 9.74. The van der Waals surface area contributed by atoms with Gasteiger partial charge in [0.1, 0.15) is 0 Å². The van der Waals surface area contributed by atoms with Crippen LogP contribution in [0.2, 0.25) is 0 Å². The van der Waals surface area contributed by atoms with Crippen LogP contribution in [-0.4, -0.2) is 22.6 Å². The van der Waals surface area contributed by atoms with Gasteiger partial charge in [0.25, 0.3) is 0 Å². The van der Waals surface area contributed by atoms with Crippen molar-refractivity contribution in [3.8, 4) is 0 Å². The molecular formula is C16H24N2O3. The molecule has 5 heteroatoms. The first-order chi connectivity index (χ1) is 9.58. The Morgan fingerprint density at radius 1 is 1.14 bits per heavy atom. The first kappa shape index (κ1) is 17.0. The largest absolute Gasteiger partial charge is 0.481 e. The van der Waals surface area contributed by atoms with Gasteiger partial charge in [0.15, 0.2) is 0 Å². The van der Waals surface area contributed by atoms with E-state index in [1.165, 1.54) is 0 Å². The van der Waals surface area contributed by atoms with E-state index < -0.39 is 16.9 Å². The van der Waals surface area contributed by atoms with Crippen LogP contribution in [0.5, 0.6) is 0 Å². The van der Waals surface area contributed by atoms with E-state index >= 15 is 0 Å². The van der Waals surface area contributed by atoms with E-state index in [0.717, 1.165) is 11.1 Å². The molecule has 0 spiro atoms. The number of nitrogens with one attached hydrogen (secondary N) is 2. The molecule has 21 heavy (non-hydrogen) atoms. The van der Waals surface area contributed by atoms with Gasteiger partial charge in [0.2, 0.25) is 0 Å². The summed E-state index contributed by atoms with van der Waals surface area (Å²) >= 11 is 0. The van der Waals surface area contributed by atoms with Gasteiger partial charge in [-0.05, 0) is 45.7 Å². The highest BCUT2D eigenvalue weighted by Gasteiger charge is 2.44. The van der Waals surface area contributed by atoms with E-state index in [9.17, 15) is 14.7 Å². The molecule has 0 aliphatic carbocycles. The molecule has 0 atom stereocenters. The fourth-order valence-electron chi connectivity index (χ4n) is 1.74. The van der Waals surface area contributed by atoms with Gasteiger partial charge in [-0.3, -0.25) is 4.79 Å². The number of carboxylic acids is 1. The second-order valence-corrected chi connectivity index (χ2v) is 6.29. The summed E-state index contributed by atoms with van der Waals surface area (Å²) in [4.78, 5) is 23.3. The first-order valence-electron chi connectivity index (χ1n) is 6.92. The molecule has 0 heterocycles. The Balaban J connectivity index is 2.66. The molecule has 1 aromatic rings. The molecule has 1 aromatic carbocycles. The van der Waals surface area contributed by atoms with E-state index in [2.05, 4.69) is 10.6 Å². The highest BCUT2D eigenvalue weighted by atomic mass is 16.4. The van der Waals surface area contributed by atoms with Crippen molar-refractivity contribution in [2.45, 2.75) is 46.7 Å². The van der Waals surface area contributed by atoms with Gasteiger partial charge in [-0.2, -0.15) is 0 Å². The summed E-state index contributed by atoms with van der Waals surface area (Å²) in [5.41, 5.74) is 0.174. The number of aliphatic carboxylic acids is 1. The molecule has 0 saturated carbocycles. The first-order valence-corrected chi connectivity index (χ1v) is 6.92. The van der Waals surface area contributed by atoms with Crippen molar-refractivity contribution in [1.29, 1.82) is 0 Å². The number of rotatable bonds is 5. The Labute approximate surface area is 125 Å². The molecule has 0 saturated heterocycles. The van der Waals surface area contributed by atoms with E-state index in [1.54, 1.807) is 27.7 Å². The van der Waals surface area contributed by atoms with Gasteiger partial charge in [0, 0.05) is 6.54 Å². The van der Waals surface area contributed by atoms with E-state index in [4.69, 9.17) is 0 Å². The van der Waals surface area contributed by atoms with Crippen LogP contribution in [0.1, 0.15) is 38.8 Å². The number of carbonyl (C=O) groups is 2. The third-order valence-electron chi connectivity index (χ3n) is 4.22. The Kier molecular flexibility index (Phi) is 4.99. The smallest absolute Gasteiger partial charge is 0.315 e. The number of hydrogen-bond acceptors (Lipinski definition) is 2. The molecule has 0 aromatic heterocycles. The Morgan fingerprint density at radius 3 is 2.24 bits per heavy atom. The van der Waals surface area contributed by atoms with Crippen molar-refractivity contribution in [1.82, 2.24) is 10.6 Å². The average Bonchev–Trinajstić information content (AvgIpc) is 2.36. The minimum absolute atomic E-state index is 0.377. The molecule has 0 radical (unpaired) electrons. The van der Waals surface area contributed by atoms with Gasteiger partial charge in [-0.1, -0.05) is 24.3 Å². The van der Waals surface area contributed by atoms with Crippen molar-refractivity contribution in [2.75, 3.05) is 0 Å². The maximum atomic E-state index is 12.0. The van der Waals surface area contributed by atoms with Gasteiger partial charge >= 0.3 is 12.0 Å². The van der Waals surface area contributed by atoms with Crippen LogP contribution in [0.15, 0.2) is 24.3 Å². The number of urea groups is 1. The topological polar surface area (TPSA) is 78.4 Å². The van der Waals surface area contributed by atoms with Crippen LogP contribution < -0.4 is 10.6 Å². The molecule has 0 aliphatic rings. The highest BCUT2D eigenvalue weighted by molar-refractivity contribution is 5.79. The lowest BCUT2D eigenvalue weighted by Crippen LogP contribution is -2.58. The molecule has 0 bridgehead atoms. The number of hydrogen-bond donors (Lipinski definition) is 3. The summed E-state index contributed by atoms with van der Waals surface area (Å²) in [6.45, 7) is 8.98. The zero-order valence-electron chi connectivity index (χ0n) is 13.3. The zero-order chi connectivity index (χ0) is 16.3. The molecule has 3 N–H and O–H groups in total. The van der Waals surface area contributed by atoms with Crippen LogP contribution in [0.4, 0.5) is 4.79 Å². The quantitative estimate of drug-likeness (QED) is 0.780. The molecule has 1 rings (SSSR count). The zero-order valence-corrected chi connectivity index (χ0v) is 13.3. The summed E-state index contributed by atoms with van der Waals surface area (Å²) < 4.78 is 0. The normalized spacial score (nSPS) is 11.9. The van der Waals surface area contributed by atoms with Crippen molar-refractivity contribution in [3.63, 3.8) is 0 Å². The number of carbonyl (C=O) groups excluding carboxylic acids is 1. The molecule has 0 aliphatic heterocycles. The molecule has 5 nitrogen and oxygen atoms in total. The minimum atomic E-state index is -1.08. The van der Waals surface area contributed by atoms with E-state index in [1.807, 2.05) is 31.2 Å². The number of aryl methyl sites for hydroxylation is 1. The van der Waals surface area contributed by atoms with Crippen molar-refractivity contribution in [2.24, 2.45) is 5.41 Å². The molecule has 2 amide bonds. The predicted molar refractivity (Wildman–Crippen MR) is 82.0 cm³/mol. The van der Waals surface area contributed by atoms with E-state index in [-0.39, 0.29) is 6.03 Å². The summed E-state index contributed by atoms with van der Waals surface area (Å²) in [6.07, 6.45) is 0. The standard InChI is InChI=1S/C16H24N2O3/c1-11-8-6-7-9-12(11)10-17-14(21)18-16(4,5)15(2,3)13(19)20/h6-9H,10H2,1-5H3,(H,19,20)(H2,17,18,21). The maximum Gasteiger partial charge on any atom is 0.315 e. The number of benzene rings is 1. The van der Waals surface area contributed by atoms with Crippen molar-refractivity contribution >= 4 is 12.0 Å². The third kappa shape index (κ3) is 3.97. The van der Waals surface area contributed by atoms with Crippen LogP contribution in [0.3, 0.4) is 0 Å². The van der Waals surface area contributed by atoms with Gasteiger partial charge in [-0.25, -0.2) is 4.79 Å². The summed E-state index contributed by atoms with van der Waals surface area (Å²) in [7, 11) is 0. The monoisotopic (exact) mass is 292 g/mol. The van der Waals surface area contributed by atoms with Gasteiger partial charge < -0.3 is 15.7 Å². The Bertz CT molecular complexity index is 536. The van der Waals surface area contributed by atoms with Crippen molar-refractivity contribution in [3.05, 3.63) is 35.4 Å².